The van der Waals surface area contributed by atoms with Crippen LogP contribution in [0.2, 0.25) is 0 Å². The van der Waals surface area contributed by atoms with Crippen LogP contribution in [0.5, 0.6) is 0 Å². The summed E-state index contributed by atoms with van der Waals surface area (Å²) in [5.74, 6) is 0. The first-order chi connectivity index (χ1) is 6.84. The summed E-state index contributed by atoms with van der Waals surface area (Å²) in [7, 11) is 1.95. The van der Waals surface area contributed by atoms with Crippen molar-refractivity contribution < 1.29 is 37.3 Å². The number of hydrogen-bond donors (Lipinski definition) is 0. The maximum atomic E-state index is 3.12. The minimum atomic E-state index is 0. The zero-order valence-electron chi connectivity index (χ0n) is 9.14. The Kier molecular flexibility index (Phi) is 8.45. The molecule has 0 aliphatic rings. The Morgan fingerprint density at radius 3 is 2.73 bits per heavy atom. The van der Waals surface area contributed by atoms with Crippen LogP contribution in [0.15, 0.2) is 48.6 Å². The second kappa shape index (κ2) is 8.76. The van der Waals surface area contributed by atoms with Gasteiger partial charge >= 0.3 is 0 Å². The van der Waals surface area contributed by atoms with Gasteiger partial charge in [-0.05, 0) is 12.6 Å². The zero-order chi connectivity index (χ0) is 10.2. The van der Waals surface area contributed by atoms with Crippen LogP contribution in [0.1, 0.15) is 6.92 Å². The van der Waals surface area contributed by atoms with Crippen LogP contribution < -0.4 is 0 Å². The Morgan fingerprint density at radius 1 is 1.33 bits per heavy atom. The number of nitrogens with zero attached hydrogens (tertiary/aromatic N) is 1. The predicted molar refractivity (Wildman–Crippen MR) is 60.1 cm³/mol. The summed E-state index contributed by atoms with van der Waals surface area (Å²) in [6, 6.07) is 10.9. The van der Waals surface area contributed by atoms with E-state index in [1.54, 1.807) is 0 Å². The molecule has 75 valence electrons. The minimum absolute atomic E-state index is 0. The van der Waals surface area contributed by atoms with Crippen molar-refractivity contribution in [1.29, 1.82) is 0 Å². The van der Waals surface area contributed by atoms with Gasteiger partial charge in [0, 0.05) is 32.7 Å². The Bertz CT molecular complexity index is 350. The summed E-state index contributed by atoms with van der Waals surface area (Å²) in [4.78, 5) is 0. The van der Waals surface area contributed by atoms with Gasteiger partial charge in [-0.15, -0.1) is 12.2 Å². The van der Waals surface area contributed by atoms with Crippen molar-refractivity contribution in [3.8, 4) is 0 Å². The van der Waals surface area contributed by atoms with Gasteiger partial charge in [-0.1, -0.05) is 6.08 Å². The average molecular weight is 273 g/mol. The van der Waals surface area contributed by atoms with Crippen molar-refractivity contribution in [2.24, 2.45) is 0 Å². The van der Waals surface area contributed by atoms with E-state index in [9.17, 15) is 0 Å². The van der Waals surface area contributed by atoms with Gasteiger partial charge in [0.1, 0.15) is 13.3 Å². The van der Waals surface area contributed by atoms with E-state index in [4.69, 9.17) is 0 Å². The van der Waals surface area contributed by atoms with Crippen molar-refractivity contribution in [3.63, 3.8) is 0 Å². The summed E-state index contributed by atoms with van der Waals surface area (Å²) in [6.45, 7) is 1.99. The van der Waals surface area contributed by atoms with Gasteiger partial charge in [0.2, 0.25) is 0 Å². The predicted octanol–water partition coefficient (Wildman–Crippen LogP) is 2.84. The summed E-state index contributed by atoms with van der Waals surface area (Å²) >= 11 is 0. The molecule has 0 aliphatic carbocycles. The van der Waals surface area contributed by atoms with Gasteiger partial charge in [0.25, 0.3) is 0 Å². The van der Waals surface area contributed by atoms with Crippen molar-refractivity contribution >= 4 is 11.9 Å². The van der Waals surface area contributed by atoms with Crippen LogP contribution in [0, 0.1) is 6.07 Å². The molecular formula is C13H14NY-. The van der Waals surface area contributed by atoms with E-state index in [0.717, 1.165) is 5.69 Å². The monoisotopic (exact) mass is 273 g/mol. The average Bonchev–Trinajstić information content (AvgIpc) is 2.25. The van der Waals surface area contributed by atoms with Crippen molar-refractivity contribution in [2.45, 2.75) is 6.92 Å². The van der Waals surface area contributed by atoms with Gasteiger partial charge in [-0.25, -0.2) is 0 Å². The molecule has 1 aromatic rings. The summed E-state index contributed by atoms with van der Waals surface area (Å²) in [5.41, 5.74) is 1.01. The molecule has 0 amide bonds. The van der Waals surface area contributed by atoms with E-state index in [2.05, 4.69) is 12.3 Å². The third-order valence-corrected chi connectivity index (χ3v) is 1.72. The van der Waals surface area contributed by atoms with Crippen LogP contribution in [-0.2, 0) is 32.7 Å². The first-order valence-electron chi connectivity index (χ1n) is 4.59. The van der Waals surface area contributed by atoms with Crippen LogP contribution in [-0.4, -0.2) is 17.8 Å². The molecule has 0 bridgehead atoms. The second-order valence-electron chi connectivity index (χ2n) is 2.82. The van der Waals surface area contributed by atoms with Crippen molar-refractivity contribution in [3.05, 3.63) is 54.6 Å². The molecule has 1 radical (unpaired) electrons. The molecule has 0 unspecified atom stereocenters. The van der Waals surface area contributed by atoms with E-state index >= 15 is 0 Å². The number of allylic oxidation sites excluding steroid dienone is 4. The van der Waals surface area contributed by atoms with Gasteiger partial charge < -0.3 is 4.58 Å². The third kappa shape index (κ3) is 5.81. The second-order valence-corrected chi connectivity index (χ2v) is 2.82. The molecule has 0 heterocycles. The molecule has 0 saturated heterocycles. The summed E-state index contributed by atoms with van der Waals surface area (Å²) in [5, 5.41) is 0. The van der Waals surface area contributed by atoms with E-state index in [-0.39, 0.29) is 32.7 Å². The number of hydrogen-bond acceptors (Lipinski definition) is 0. The molecule has 1 aromatic carbocycles. The van der Waals surface area contributed by atoms with E-state index in [1.165, 1.54) is 0 Å². The van der Waals surface area contributed by atoms with Gasteiger partial charge in [-0.2, -0.15) is 36.4 Å². The largest absolute Gasteiger partial charge is 0.328 e. The maximum absolute atomic E-state index is 3.12. The fourth-order valence-corrected chi connectivity index (χ4v) is 0.984. The minimum Gasteiger partial charge on any atom is -0.328 e. The molecule has 15 heavy (non-hydrogen) atoms. The van der Waals surface area contributed by atoms with Gasteiger partial charge in [-0.3, -0.25) is 0 Å². The van der Waals surface area contributed by atoms with E-state index < -0.39 is 0 Å². The van der Waals surface area contributed by atoms with Crippen molar-refractivity contribution in [1.82, 2.24) is 0 Å². The molecule has 1 rings (SSSR count). The Morgan fingerprint density at radius 2 is 2.13 bits per heavy atom. The number of para-hydroxylation sites is 1. The van der Waals surface area contributed by atoms with Crippen molar-refractivity contribution in [2.75, 3.05) is 7.05 Å². The molecule has 0 N–H and O–H groups in total. The molecule has 1 nitrogen and oxygen atoms in total. The topological polar surface area (TPSA) is 3.01 Å². The fourth-order valence-electron chi connectivity index (χ4n) is 0.984. The summed E-state index contributed by atoms with van der Waals surface area (Å²) in [6.07, 6.45) is 10.9. The van der Waals surface area contributed by atoms with Crippen LogP contribution >= 0.6 is 0 Å². The standard InChI is InChI=1S/C13H14N.Y/c1-3-4-5-9-12-14(2)13-10-7-6-8-11-13;/h3-10H,1-2H3;/q-1;. The molecule has 0 spiro atoms. The van der Waals surface area contributed by atoms with E-state index in [0.29, 0.717) is 0 Å². The molecule has 0 atom stereocenters. The van der Waals surface area contributed by atoms with Crippen LogP contribution in [0.25, 0.3) is 0 Å². The Balaban J connectivity index is 0.00000196. The maximum Gasteiger partial charge on any atom is 0.113 e. The molecule has 0 aliphatic heterocycles. The Labute approximate surface area is 117 Å². The van der Waals surface area contributed by atoms with Gasteiger partial charge in [0.05, 0.1) is 0 Å². The van der Waals surface area contributed by atoms with E-state index in [1.807, 2.05) is 67.1 Å². The molecular weight excluding hydrogens is 259 g/mol. The number of rotatable bonds is 3. The van der Waals surface area contributed by atoms with Crippen LogP contribution in [0.4, 0.5) is 5.69 Å². The van der Waals surface area contributed by atoms with Gasteiger partial charge in [0.15, 0.2) is 0 Å². The SMILES string of the molecule is CC=CC=C[C-]=[N+](C)c1[c-]cccc1.[Y]. The molecule has 0 fully saturated rings. The first-order valence-corrected chi connectivity index (χ1v) is 4.59. The molecule has 2 heteroatoms. The smallest absolute Gasteiger partial charge is 0.113 e. The number of benzene rings is 1. The third-order valence-electron chi connectivity index (χ3n) is 1.72. The van der Waals surface area contributed by atoms with Crippen LogP contribution in [0.3, 0.4) is 0 Å². The zero-order valence-corrected chi connectivity index (χ0v) is 12.0. The molecule has 0 saturated carbocycles. The first kappa shape index (κ1) is 14.5. The normalized spacial score (nSPS) is 12.0. The quantitative estimate of drug-likeness (QED) is 0.345. The summed E-state index contributed by atoms with van der Waals surface area (Å²) < 4.78 is 1.90. The fraction of sp³-hybridized carbons (Fsp3) is 0.154. The Hall–Kier alpha value is -0.526. The molecule has 0 aromatic heterocycles.